The highest BCUT2D eigenvalue weighted by Gasteiger charge is 2.34. The van der Waals surface area contributed by atoms with Gasteiger partial charge >= 0.3 is 0 Å². The monoisotopic (exact) mass is 245 g/mol. The Morgan fingerprint density at radius 2 is 2.17 bits per heavy atom. The highest BCUT2D eigenvalue weighted by molar-refractivity contribution is 5.80. The van der Waals surface area contributed by atoms with E-state index in [4.69, 9.17) is 0 Å². The van der Waals surface area contributed by atoms with Crippen molar-refractivity contribution < 1.29 is 4.79 Å². The summed E-state index contributed by atoms with van der Waals surface area (Å²) in [7, 11) is 0. The predicted molar refractivity (Wildman–Crippen MR) is 68.9 cm³/mol. The average molecular weight is 245 g/mol. The molecular weight excluding hydrogens is 226 g/mol. The molecule has 0 aromatic carbocycles. The number of carbonyl (C=O) groups is 1. The molecular formula is C14H19N3O. The lowest BCUT2D eigenvalue weighted by molar-refractivity contribution is -0.135. The first kappa shape index (κ1) is 11.7. The zero-order valence-corrected chi connectivity index (χ0v) is 10.5. The molecule has 18 heavy (non-hydrogen) atoms. The third-order valence-electron chi connectivity index (χ3n) is 4.04. The van der Waals surface area contributed by atoms with Crippen LogP contribution in [0.3, 0.4) is 0 Å². The van der Waals surface area contributed by atoms with Crippen molar-refractivity contribution in [3.63, 3.8) is 0 Å². The standard InChI is InChI=1S/C14H19N3O/c18-14(12-5-8-16-10-12)17-9-1-2-13(17)11-3-6-15-7-4-11/h3-4,6-7,12-13,16H,1-2,5,8-10H2. The lowest BCUT2D eigenvalue weighted by Gasteiger charge is -2.27. The number of likely N-dealkylation sites (tertiary alicyclic amines) is 1. The van der Waals surface area contributed by atoms with Crippen molar-refractivity contribution in [1.82, 2.24) is 15.2 Å². The van der Waals surface area contributed by atoms with Crippen molar-refractivity contribution in [3.05, 3.63) is 30.1 Å². The Labute approximate surface area is 107 Å². The summed E-state index contributed by atoms with van der Waals surface area (Å²) >= 11 is 0. The maximum Gasteiger partial charge on any atom is 0.227 e. The number of nitrogens with one attached hydrogen (secondary N) is 1. The van der Waals surface area contributed by atoms with E-state index in [0.717, 1.165) is 38.9 Å². The van der Waals surface area contributed by atoms with E-state index < -0.39 is 0 Å². The summed E-state index contributed by atoms with van der Waals surface area (Å²) in [6.45, 7) is 2.73. The van der Waals surface area contributed by atoms with E-state index in [1.54, 1.807) is 0 Å². The van der Waals surface area contributed by atoms with E-state index in [-0.39, 0.29) is 12.0 Å². The quantitative estimate of drug-likeness (QED) is 0.855. The van der Waals surface area contributed by atoms with Gasteiger partial charge in [-0.05, 0) is 43.5 Å². The van der Waals surface area contributed by atoms with Gasteiger partial charge in [0.2, 0.25) is 5.91 Å². The van der Waals surface area contributed by atoms with Crippen molar-refractivity contribution >= 4 is 5.91 Å². The second-order valence-corrected chi connectivity index (χ2v) is 5.16. The van der Waals surface area contributed by atoms with Gasteiger partial charge in [-0.25, -0.2) is 0 Å². The second-order valence-electron chi connectivity index (χ2n) is 5.16. The first-order valence-corrected chi connectivity index (χ1v) is 6.77. The van der Waals surface area contributed by atoms with Gasteiger partial charge in [0.05, 0.1) is 12.0 Å². The highest BCUT2D eigenvalue weighted by Crippen LogP contribution is 2.33. The molecule has 2 atom stereocenters. The molecule has 0 saturated carbocycles. The highest BCUT2D eigenvalue weighted by atomic mass is 16.2. The number of hydrogen-bond acceptors (Lipinski definition) is 3. The van der Waals surface area contributed by atoms with Gasteiger partial charge in [-0.2, -0.15) is 0 Å². The topological polar surface area (TPSA) is 45.2 Å². The number of carbonyl (C=O) groups excluding carboxylic acids is 1. The van der Waals surface area contributed by atoms with Crippen LogP contribution in [0.1, 0.15) is 30.9 Å². The van der Waals surface area contributed by atoms with E-state index >= 15 is 0 Å². The molecule has 3 rings (SSSR count). The Morgan fingerprint density at radius 1 is 1.33 bits per heavy atom. The summed E-state index contributed by atoms with van der Waals surface area (Å²) in [5, 5.41) is 3.27. The minimum atomic E-state index is 0.187. The smallest absolute Gasteiger partial charge is 0.227 e. The average Bonchev–Trinajstić information content (AvgIpc) is 3.10. The lowest BCUT2D eigenvalue weighted by atomic mass is 10.0. The number of nitrogens with zero attached hydrogens (tertiary/aromatic N) is 2. The molecule has 1 amide bonds. The molecule has 1 aromatic heterocycles. The van der Waals surface area contributed by atoms with Crippen LogP contribution in [0.25, 0.3) is 0 Å². The largest absolute Gasteiger partial charge is 0.335 e. The minimum absolute atomic E-state index is 0.187. The summed E-state index contributed by atoms with van der Waals surface area (Å²) in [4.78, 5) is 18.6. The fraction of sp³-hybridized carbons (Fsp3) is 0.571. The van der Waals surface area contributed by atoms with Gasteiger partial charge in [0, 0.05) is 25.5 Å². The van der Waals surface area contributed by atoms with E-state index in [1.807, 2.05) is 24.5 Å². The van der Waals surface area contributed by atoms with Crippen LogP contribution in [0.4, 0.5) is 0 Å². The Hall–Kier alpha value is -1.42. The predicted octanol–water partition coefficient (Wildman–Crippen LogP) is 1.35. The van der Waals surface area contributed by atoms with E-state index in [9.17, 15) is 4.79 Å². The summed E-state index contributed by atoms with van der Waals surface area (Å²) in [6, 6.07) is 4.33. The molecule has 2 saturated heterocycles. The molecule has 1 N–H and O–H groups in total. The molecule has 3 heterocycles. The number of hydrogen-bond donors (Lipinski definition) is 1. The number of rotatable bonds is 2. The van der Waals surface area contributed by atoms with Crippen LogP contribution in [0.2, 0.25) is 0 Å². The van der Waals surface area contributed by atoms with Crippen LogP contribution in [0.15, 0.2) is 24.5 Å². The van der Waals surface area contributed by atoms with Crippen LogP contribution in [0, 0.1) is 5.92 Å². The number of aromatic nitrogens is 1. The van der Waals surface area contributed by atoms with Crippen LogP contribution in [-0.4, -0.2) is 35.4 Å². The zero-order chi connectivity index (χ0) is 12.4. The van der Waals surface area contributed by atoms with Gasteiger partial charge in [-0.15, -0.1) is 0 Å². The fourth-order valence-corrected chi connectivity index (χ4v) is 3.06. The molecule has 2 aliphatic rings. The number of pyridine rings is 1. The Kier molecular flexibility index (Phi) is 3.28. The number of amides is 1. The molecule has 0 bridgehead atoms. The second kappa shape index (κ2) is 5.06. The van der Waals surface area contributed by atoms with Crippen molar-refractivity contribution in [1.29, 1.82) is 0 Å². The maximum atomic E-state index is 12.5. The zero-order valence-electron chi connectivity index (χ0n) is 10.5. The first-order valence-electron chi connectivity index (χ1n) is 6.77. The molecule has 2 fully saturated rings. The van der Waals surface area contributed by atoms with Gasteiger partial charge in [0.1, 0.15) is 0 Å². The molecule has 4 nitrogen and oxygen atoms in total. The molecule has 0 radical (unpaired) electrons. The van der Waals surface area contributed by atoms with Gasteiger partial charge in [0.25, 0.3) is 0 Å². The van der Waals surface area contributed by atoms with Crippen LogP contribution < -0.4 is 5.32 Å². The Bertz CT molecular complexity index is 414. The van der Waals surface area contributed by atoms with Crippen molar-refractivity contribution in [2.24, 2.45) is 5.92 Å². The summed E-state index contributed by atoms with van der Waals surface area (Å²) in [6.07, 6.45) is 6.80. The van der Waals surface area contributed by atoms with Crippen molar-refractivity contribution in [3.8, 4) is 0 Å². The molecule has 96 valence electrons. The van der Waals surface area contributed by atoms with Gasteiger partial charge in [-0.1, -0.05) is 0 Å². The minimum Gasteiger partial charge on any atom is -0.335 e. The Morgan fingerprint density at radius 3 is 2.89 bits per heavy atom. The molecule has 2 aliphatic heterocycles. The van der Waals surface area contributed by atoms with Crippen molar-refractivity contribution in [2.45, 2.75) is 25.3 Å². The molecule has 0 aliphatic carbocycles. The van der Waals surface area contributed by atoms with E-state index in [1.165, 1.54) is 5.56 Å². The fourth-order valence-electron chi connectivity index (χ4n) is 3.06. The molecule has 0 spiro atoms. The summed E-state index contributed by atoms with van der Waals surface area (Å²) in [5.74, 6) is 0.520. The third-order valence-corrected chi connectivity index (χ3v) is 4.04. The SMILES string of the molecule is O=C(C1CCNC1)N1CCCC1c1ccncc1. The summed E-state index contributed by atoms with van der Waals surface area (Å²) < 4.78 is 0. The van der Waals surface area contributed by atoms with E-state index in [0.29, 0.717) is 5.91 Å². The maximum absolute atomic E-state index is 12.5. The van der Waals surface area contributed by atoms with Crippen LogP contribution in [-0.2, 0) is 4.79 Å². The van der Waals surface area contributed by atoms with Crippen LogP contribution >= 0.6 is 0 Å². The van der Waals surface area contributed by atoms with Crippen LogP contribution in [0.5, 0.6) is 0 Å². The molecule has 1 aromatic rings. The van der Waals surface area contributed by atoms with Gasteiger partial charge in [-0.3, -0.25) is 9.78 Å². The van der Waals surface area contributed by atoms with Gasteiger partial charge < -0.3 is 10.2 Å². The normalized spacial score (nSPS) is 27.7. The first-order chi connectivity index (χ1) is 8.86. The third kappa shape index (κ3) is 2.12. The summed E-state index contributed by atoms with van der Waals surface area (Å²) in [5.41, 5.74) is 1.22. The Balaban J connectivity index is 1.77. The molecule has 4 heteroatoms. The lowest BCUT2D eigenvalue weighted by Crippen LogP contribution is -2.36. The van der Waals surface area contributed by atoms with E-state index in [2.05, 4.69) is 15.2 Å². The molecule has 2 unspecified atom stereocenters. The van der Waals surface area contributed by atoms with Gasteiger partial charge in [0.15, 0.2) is 0 Å². The van der Waals surface area contributed by atoms with Crippen molar-refractivity contribution in [2.75, 3.05) is 19.6 Å².